The molecule has 0 radical (unpaired) electrons. The molecule has 0 bridgehead atoms. The second-order valence-corrected chi connectivity index (χ2v) is 7.55. The largest absolute Gasteiger partial charge is 0.388 e. The highest BCUT2D eigenvalue weighted by molar-refractivity contribution is 6.30. The van der Waals surface area contributed by atoms with Crippen molar-refractivity contribution in [2.24, 2.45) is 11.3 Å². The van der Waals surface area contributed by atoms with Gasteiger partial charge in [0.1, 0.15) is 0 Å². The molecule has 4 nitrogen and oxygen atoms in total. The van der Waals surface area contributed by atoms with Crippen molar-refractivity contribution in [1.29, 1.82) is 0 Å². The molecule has 0 aliphatic carbocycles. The fraction of sp³-hybridized carbons (Fsp3) is 0.611. The van der Waals surface area contributed by atoms with Gasteiger partial charge in [-0.05, 0) is 56.3 Å². The van der Waals surface area contributed by atoms with Gasteiger partial charge in [-0.1, -0.05) is 23.7 Å². The average molecular weight is 373 g/mol. The molecule has 0 saturated carbocycles. The summed E-state index contributed by atoms with van der Waals surface area (Å²) in [5.41, 5.74) is 0.660. The van der Waals surface area contributed by atoms with E-state index in [1.807, 2.05) is 29.2 Å². The number of piperidine rings is 1. The lowest BCUT2D eigenvalue weighted by Gasteiger charge is -2.38. The predicted octanol–water partition coefficient (Wildman–Crippen LogP) is 3.03. The Morgan fingerprint density at radius 1 is 1.33 bits per heavy atom. The van der Waals surface area contributed by atoms with Crippen molar-refractivity contribution in [1.82, 2.24) is 10.2 Å². The van der Waals surface area contributed by atoms with Crippen LogP contribution in [-0.4, -0.2) is 42.1 Å². The summed E-state index contributed by atoms with van der Waals surface area (Å²) >= 11 is 5.90. The molecule has 2 N–H and O–H groups in total. The number of nitrogens with one attached hydrogen (secondary N) is 1. The van der Waals surface area contributed by atoms with Crippen molar-refractivity contribution < 1.29 is 9.90 Å². The monoisotopic (exact) mass is 372 g/mol. The number of carbonyl (C=O) groups is 1. The first-order valence-electron chi connectivity index (χ1n) is 8.43. The molecule has 1 aromatic rings. The van der Waals surface area contributed by atoms with Crippen molar-refractivity contribution in [2.75, 3.05) is 26.2 Å². The van der Waals surface area contributed by atoms with E-state index in [1.165, 1.54) is 0 Å². The highest BCUT2D eigenvalue weighted by Gasteiger charge is 2.40. The van der Waals surface area contributed by atoms with E-state index in [9.17, 15) is 9.90 Å². The van der Waals surface area contributed by atoms with Gasteiger partial charge in [-0.25, -0.2) is 0 Å². The highest BCUT2D eigenvalue weighted by atomic mass is 35.5. The Morgan fingerprint density at radius 2 is 1.96 bits per heavy atom. The Morgan fingerprint density at radius 3 is 2.50 bits per heavy atom. The quantitative estimate of drug-likeness (QED) is 0.857. The van der Waals surface area contributed by atoms with Crippen LogP contribution >= 0.6 is 24.0 Å². The first-order chi connectivity index (χ1) is 11.0. The topological polar surface area (TPSA) is 52.6 Å². The third-order valence-corrected chi connectivity index (χ3v) is 5.62. The van der Waals surface area contributed by atoms with Crippen LogP contribution in [0.4, 0.5) is 0 Å². The Kier molecular flexibility index (Phi) is 6.54. The second-order valence-electron chi connectivity index (χ2n) is 7.11. The molecule has 24 heavy (non-hydrogen) atoms. The molecule has 3 rings (SSSR count). The van der Waals surface area contributed by atoms with Gasteiger partial charge >= 0.3 is 0 Å². The van der Waals surface area contributed by atoms with Gasteiger partial charge < -0.3 is 15.3 Å². The molecule has 2 fully saturated rings. The lowest BCUT2D eigenvalue weighted by atomic mass is 9.84. The summed E-state index contributed by atoms with van der Waals surface area (Å²) in [7, 11) is 0. The second kappa shape index (κ2) is 8.05. The summed E-state index contributed by atoms with van der Waals surface area (Å²) in [4.78, 5) is 14.7. The summed E-state index contributed by atoms with van der Waals surface area (Å²) in [6, 6.07) is 7.39. The molecular formula is C18H26Cl2N2O2. The SMILES string of the molecule is CC1(C(=O)N2CCC(C(O)c3ccc(Cl)cc3)CC2)CCNC1.Cl. The number of carbonyl (C=O) groups excluding carboxylic acids is 1. The van der Waals surface area contributed by atoms with Crippen molar-refractivity contribution >= 4 is 29.9 Å². The number of nitrogens with zero attached hydrogens (tertiary/aromatic N) is 1. The van der Waals surface area contributed by atoms with Crippen LogP contribution in [0.5, 0.6) is 0 Å². The molecule has 0 spiro atoms. The van der Waals surface area contributed by atoms with Gasteiger partial charge in [0.2, 0.25) is 5.91 Å². The number of hydrogen-bond acceptors (Lipinski definition) is 3. The van der Waals surface area contributed by atoms with Crippen LogP contribution < -0.4 is 5.32 Å². The van der Waals surface area contributed by atoms with Crippen molar-refractivity contribution in [3.8, 4) is 0 Å². The molecule has 0 aromatic heterocycles. The molecule has 2 saturated heterocycles. The number of aliphatic hydroxyl groups excluding tert-OH is 1. The molecule has 2 aliphatic heterocycles. The maximum Gasteiger partial charge on any atom is 0.229 e. The van der Waals surface area contributed by atoms with Crippen LogP contribution in [-0.2, 0) is 4.79 Å². The number of benzene rings is 1. The predicted molar refractivity (Wildman–Crippen MR) is 98.6 cm³/mol. The van der Waals surface area contributed by atoms with E-state index >= 15 is 0 Å². The first kappa shape index (κ1) is 19.5. The first-order valence-corrected chi connectivity index (χ1v) is 8.81. The maximum absolute atomic E-state index is 12.7. The minimum atomic E-state index is -0.478. The standard InChI is InChI=1S/C18H25ClN2O2.ClH/c1-18(8-9-20-12-18)17(23)21-10-6-14(7-11-21)16(22)13-2-4-15(19)5-3-13;/h2-5,14,16,20,22H,6-12H2,1H3;1H. The van der Waals surface area contributed by atoms with Gasteiger partial charge in [0.25, 0.3) is 0 Å². The molecule has 1 aromatic carbocycles. The zero-order valence-corrected chi connectivity index (χ0v) is 15.6. The number of aliphatic hydroxyl groups is 1. The average Bonchev–Trinajstić information content (AvgIpc) is 3.02. The van der Waals surface area contributed by atoms with Gasteiger partial charge in [-0.15, -0.1) is 12.4 Å². The van der Waals surface area contributed by atoms with Gasteiger partial charge in [0.15, 0.2) is 0 Å². The number of halogens is 2. The maximum atomic E-state index is 12.7. The van der Waals surface area contributed by atoms with E-state index in [0.29, 0.717) is 5.02 Å². The Balaban J connectivity index is 0.00000208. The van der Waals surface area contributed by atoms with Crippen molar-refractivity contribution in [2.45, 2.75) is 32.3 Å². The number of amides is 1. The van der Waals surface area contributed by atoms with Crippen LogP contribution in [0.15, 0.2) is 24.3 Å². The van der Waals surface area contributed by atoms with E-state index in [1.54, 1.807) is 0 Å². The summed E-state index contributed by atoms with van der Waals surface area (Å²) in [5.74, 6) is 0.469. The van der Waals surface area contributed by atoms with Crippen LogP contribution in [0.2, 0.25) is 5.02 Å². The summed E-state index contributed by atoms with van der Waals surface area (Å²) in [6.07, 6.45) is 2.13. The fourth-order valence-electron chi connectivity index (χ4n) is 3.73. The molecule has 2 unspecified atom stereocenters. The van der Waals surface area contributed by atoms with Gasteiger partial charge in [0.05, 0.1) is 11.5 Å². The van der Waals surface area contributed by atoms with Gasteiger partial charge in [-0.2, -0.15) is 0 Å². The zero-order valence-electron chi connectivity index (χ0n) is 14.0. The highest BCUT2D eigenvalue weighted by Crippen LogP contribution is 2.34. The summed E-state index contributed by atoms with van der Waals surface area (Å²) in [6.45, 7) is 5.24. The smallest absolute Gasteiger partial charge is 0.229 e. The molecule has 2 atom stereocenters. The molecule has 1 amide bonds. The Hall–Kier alpha value is -0.810. The lowest BCUT2D eigenvalue weighted by Crippen LogP contribution is -2.47. The molecule has 2 aliphatic rings. The van der Waals surface area contributed by atoms with Gasteiger partial charge in [0, 0.05) is 24.7 Å². The van der Waals surface area contributed by atoms with E-state index in [-0.39, 0.29) is 29.6 Å². The normalized spacial score (nSPS) is 26.0. The van der Waals surface area contributed by atoms with Crippen LogP contribution in [0, 0.1) is 11.3 Å². The van der Waals surface area contributed by atoms with E-state index in [4.69, 9.17) is 11.6 Å². The minimum absolute atomic E-state index is 0. The van der Waals surface area contributed by atoms with Crippen LogP contribution in [0.1, 0.15) is 37.9 Å². The van der Waals surface area contributed by atoms with Crippen molar-refractivity contribution in [3.05, 3.63) is 34.9 Å². The van der Waals surface area contributed by atoms with Crippen LogP contribution in [0.25, 0.3) is 0 Å². The van der Waals surface area contributed by atoms with E-state index in [2.05, 4.69) is 12.2 Å². The van der Waals surface area contributed by atoms with Crippen molar-refractivity contribution in [3.63, 3.8) is 0 Å². The third kappa shape index (κ3) is 4.05. The number of likely N-dealkylation sites (tertiary alicyclic amines) is 1. The Bertz CT molecular complexity index is 551. The van der Waals surface area contributed by atoms with Crippen LogP contribution in [0.3, 0.4) is 0 Å². The molecular weight excluding hydrogens is 347 g/mol. The third-order valence-electron chi connectivity index (χ3n) is 5.37. The van der Waals surface area contributed by atoms with E-state index in [0.717, 1.165) is 51.0 Å². The molecule has 2 heterocycles. The molecule has 6 heteroatoms. The Labute approximate surface area is 155 Å². The number of hydrogen-bond donors (Lipinski definition) is 2. The summed E-state index contributed by atoms with van der Waals surface area (Å²) < 4.78 is 0. The number of rotatable bonds is 3. The lowest BCUT2D eigenvalue weighted by molar-refractivity contribution is -0.142. The van der Waals surface area contributed by atoms with Gasteiger partial charge in [-0.3, -0.25) is 4.79 Å². The summed E-state index contributed by atoms with van der Waals surface area (Å²) in [5, 5.41) is 14.5. The molecule has 134 valence electrons. The van der Waals surface area contributed by atoms with E-state index < -0.39 is 6.10 Å². The fourth-order valence-corrected chi connectivity index (χ4v) is 3.86. The zero-order chi connectivity index (χ0) is 16.4. The minimum Gasteiger partial charge on any atom is -0.388 e.